The maximum Gasteiger partial charge on any atom is 0.407 e. The Morgan fingerprint density at radius 3 is 2.56 bits per heavy atom. The summed E-state index contributed by atoms with van der Waals surface area (Å²) in [4.78, 5) is 18.9. The number of piperidine rings is 1. The molecule has 36 heavy (non-hydrogen) atoms. The summed E-state index contributed by atoms with van der Waals surface area (Å²) in [7, 11) is 0. The molecule has 0 unspecified atom stereocenters. The molecule has 194 valence electrons. The number of anilines is 1. The predicted octanol–water partition coefficient (Wildman–Crippen LogP) is 5.97. The van der Waals surface area contributed by atoms with Crippen molar-refractivity contribution in [2.24, 2.45) is 0 Å². The topological polar surface area (TPSA) is 66.5 Å². The fourth-order valence-electron chi connectivity index (χ4n) is 4.33. The summed E-state index contributed by atoms with van der Waals surface area (Å²) in [5.41, 5.74) is 4.30. The number of hydrogen-bond donors (Lipinski definition) is 2. The van der Waals surface area contributed by atoms with E-state index in [1.807, 2.05) is 40.0 Å². The number of alkyl carbamates (subject to hydrolysis) is 1. The molecule has 1 saturated heterocycles. The number of rotatable bonds is 8. The Hall–Kier alpha value is -3.35. The van der Waals surface area contributed by atoms with E-state index in [1.54, 1.807) is 6.07 Å². The van der Waals surface area contributed by atoms with Gasteiger partial charge in [0.2, 0.25) is 0 Å². The molecule has 0 bridgehead atoms. The van der Waals surface area contributed by atoms with E-state index < -0.39 is 11.7 Å². The Bertz CT molecular complexity index is 1080. The average Bonchev–Trinajstić information content (AvgIpc) is 2.81. The molecule has 2 heterocycles. The second-order valence-corrected chi connectivity index (χ2v) is 10.3. The largest absolute Gasteiger partial charge is 0.444 e. The third-order valence-corrected chi connectivity index (χ3v) is 6.02. The van der Waals surface area contributed by atoms with Gasteiger partial charge in [-0.2, -0.15) is 0 Å². The van der Waals surface area contributed by atoms with Crippen LogP contribution in [0, 0.1) is 12.7 Å². The second kappa shape index (κ2) is 12.1. The minimum atomic E-state index is -0.522. The normalized spacial score (nSPS) is 14.9. The summed E-state index contributed by atoms with van der Waals surface area (Å²) in [6.07, 6.45) is 6.41. The Morgan fingerprint density at radius 2 is 1.97 bits per heavy atom. The van der Waals surface area contributed by atoms with Crippen LogP contribution in [-0.2, 0) is 4.74 Å². The molecule has 1 aliphatic rings. The van der Waals surface area contributed by atoms with Gasteiger partial charge in [0.05, 0.1) is 6.54 Å². The van der Waals surface area contributed by atoms with E-state index in [0.29, 0.717) is 12.6 Å². The first kappa shape index (κ1) is 27.2. The number of carbonyl (C=O) groups is 1. The average molecular weight is 495 g/mol. The summed E-state index contributed by atoms with van der Waals surface area (Å²) < 4.78 is 18.9. The van der Waals surface area contributed by atoms with E-state index in [9.17, 15) is 9.18 Å². The number of nitrogens with one attached hydrogen (secondary N) is 2. The van der Waals surface area contributed by atoms with Crippen molar-refractivity contribution in [1.29, 1.82) is 0 Å². The summed E-state index contributed by atoms with van der Waals surface area (Å²) >= 11 is 0. The van der Waals surface area contributed by atoms with Gasteiger partial charge in [-0.05, 0) is 87.9 Å². The van der Waals surface area contributed by atoms with Gasteiger partial charge in [-0.15, -0.1) is 0 Å². The molecule has 2 aromatic rings. The van der Waals surface area contributed by atoms with Crippen LogP contribution in [0.25, 0.3) is 5.57 Å². The van der Waals surface area contributed by atoms with Gasteiger partial charge in [-0.25, -0.2) is 14.2 Å². The first-order valence-electron chi connectivity index (χ1n) is 12.6. The van der Waals surface area contributed by atoms with Gasteiger partial charge >= 0.3 is 6.09 Å². The highest BCUT2D eigenvalue weighted by Crippen LogP contribution is 2.28. The lowest BCUT2D eigenvalue weighted by atomic mass is 9.94. The van der Waals surface area contributed by atoms with Crippen LogP contribution >= 0.6 is 0 Å². The van der Waals surface area contributed by atoms with Crippen LogP contribution < -0.4 is 15.5 Å². The van der Waals surface area contributed by atoms with Crippen molar-refractivity contribution in [2.75, 3.05) is 24.5 Å². The predicted molar refractivity (Wildman–Crippen MR) is 144 cm³/mol. The summed E-state index contributed by atoms with van der Waals surface area (Å²) in [5.74, 6) is 0.732. The number of pyridine rings is 1. The lowest BCUT2D eigenvalue weighted by Crippen LogP contribution is -2.44. The highest BCUT2D eigenvalue weighted by atomic mass is 19.1. The highest BCUT2D eigenvalue weighted by Gasteiger charge is 2.21. The zero-order chi connectivity index (χ0) is 26.3. The number of allylic oxidation sites excluding steroid dienone is 1. The number of nitrogens with zero attached hydrogens (tertiary/aromatic N) is 2. The first-order chi connectivity index (χ1) is 17.1. The molecule has 3 rings (SSSR count). The third-order valence-electron chi connectivity index (χ3n) is 6.02. The minimum Gasteiger partial charge on any atom is -0.444 e. The molecular weight excluding hydrogens is 455 g/mol. The molecule has 0 aliphatic carbocycles. The standard InChI is InChI=1S/C29H39FN4O2/c1-7-8-26(25-11-10-23(30)17-20(25)2)22-9-12-27(31-19-22)34-15-13-24(14-16-34)33-21(3)18-32-28(35)36-29(4,5)6/h8-12,17,19,24,33H,3,7,13-16,18H2,1-2,4-6H3,(H,32,35)/b26-8-. The molecule has 6 nitrogen and oxygen atoms in total. The lowest BCUT2D eigenvalue weighted by Gasteiger charge is -2.34. The molecule has 0 spiro atoms. The fraction of sp³-hybridized carbons (Fsp3) is 0.448. The number of halogens is 1. The number of benzene rings is 1. The molecule has 1 aromatic heterocycles. The quantitative estimate of drug-likeness (QED) is 0.473. The molecule has 1 fully saturated rings. The van der Waals surface area contributed by atoms with Crippen molar-refractivity contribution >= 4 is 17.5 Å². The zero-order valence-corrected chi connectivity index (χ0v) is 22.2. The van der Waals surface area contributed by atoms with E-state index in [1.165, 1.54) is 6.07 Å². The molecule has 0 atom stereocenters. The number of carbonyl (C=O) groups excluding carboxylic acids is 1. The molecule has 1 aromatic carbocycles. The number of hydrogen-bond acceptors (Lipinski definition) is 5. The van der Waals surface area contributed by atoms with E-state index in [4.69, 9.17) is 9.72 Å². The number of ether oxygens (including phenoxy) is 1. The van der Waals surface area contributed by atoms with Gasteiger partial charge in [0, 0.05) is 36.6 Å². The van der Waals surface area contributed by atoms with E-state index in [0.717, 1.165) is 66.1 Å². The summed E-state index contributed by atoms with van der Waals surface area (Å²) in [6, 6.07) is 9.38. The Kier molecular flexibility index (Phi) is 9.13. The highest BCUT2D eigenvalue weighted by molar-refractivity contribution is 5.81. The van der Waals surface area contributed by atoms with Gasteiger partial charge in [-0.1, -0.05) is 25.6 Å². The Labute approximate surface area is 214 Å². The molecule has 1 aliphatic heterocycles. The summed E-state index contributed by atoms with van der Waals surface area (Å²) in [6.45, 7) is 15.7. The Balaban J connectivity index is 1.53. The minimum absolute atomic E-state index is 0.221. The fourth-order valence-corrected chi connectivity index (χ4v) is 4.33. The smallest absolute Gasteiger partial charge is 0.407 e. The van der Waals surface area contributed by atoms with Gasteiger partial charge in [0.1, 0.15) is 17.2 Å². The van der Waals surface area contributed by atoms with E-state index in [-0.39, 0.29) is 5.82 Å². The van der Waals surface area contributed by atoms with Crippen molar-refractivity contribution in [3.8, 4) is 0 Å². The third kappa shape index (κ3) is 7.83. The van der Waals surface area contributed by atoms with Crippen LogP contribution in [0.15, 0.2) is 54.9 Å². The zero-order valence-electron chi connectivity index (χ0n) is 22.2. The van der Waals surface area contributed by atoms with Crippen molar-refractivity contribution in [3.63, 3.8) is 0 Å². The molecular formula is C29H39FN4O2. The molecule has 1 amide bonds. The Morgan fingerprint density at radius 1 is 1.25 bits per heavy atom. The number of amides is 1. The summed E-state index contributed by atoms with van der Waals surface area (Å²) in [5, 5.41) is 6.17. The molecule has 7 heteroatoms. The SMILES string of the molecule is C=C(CNC(=O)OC(C)(C)C)NC1CCN(c2ccc(/C(=C/CC)c3ccc(F)cc3C)cn2)CC1. The monoisotopic (exact) mass is 494 g/mol. The first-order valence-corrected chi connectivity index (χ1v) is 12.6. The van der Waals surface area contributed by atoms with Crippen molar-refractivity contribution in [1.82, 2.24) is 15.6 Å². The van der Waals surface area contributed by atoms with Gasteiger partial charge < -0.3 is 20.3 Å². The molecule has 0 saturated carbocycles. The van der Waals surface area contributed by atoms with Crippen LogP contribution in [0.2, 0.25) is 0 Å². The maximum absolute atomic E-state index is 13.6. The van der Waals surface area contributed by atoms with Crippen LogP contribution in [0.5, 0.6) is 0 Å². The molecule has 0 radical (unpaired) electrons. The van der Waals surface area contributed by atoms with E-state index >= 15 is 0 Å². The van der Waals surface area contributed by atoms with Gasteiger partial charge in [0.15, 0.2) is 0 Å². The van der Waals surface area contributed by atoms with E-state index in [2.05, 4.69) is 47.2 Å². The van der Waals surface area contributed by atoms with Crippen LogP contribution in [0.1, 0.15) is 63.6 Å². The van der Waals surface area contributed by atoms with Crippen molar-refractivity contribution in [2.45, 2.75) is 65.5 Å². The van der Waals surface area contributed by atoms with Crippen LogP contribution in [0.3, 0.4) is 0 Å². The van der Waals surface area contributed by atoms with Crippen molar-refractivity contribution in [3.05, 3.63) is 77.4 Å². The second-order valence-electron chi connectivity index (χ2n) is 10.3. The molecule has 2 N–H and O–H groups in total. The van der Waals surface area contributed by atoms with Gasteiger partial charge in [-0.3, -0.25) is 0 Å². The number of aryl methyl sites for hydroxylation is 1. The number of aromatic nitrogens is 1. The lowest BCUT2D eigenvalue weighted by molar-refractivity contribution is 0.0531. The van der Waals surface area contributed by atoms with Gasteiger partial charge in [0.25, 0.3) is 0 Å². The maximum atomic E-state index is 13.6. The van der Waals surface area contributed by atoms with Crippen LogP contribution in [0.4, 0.5) is 15.0 Å². The van der Waals surface area contributed by atoms with Crippen molar-refractivity contribution < 1.29 is 13.9 Å². The van der Waals surface area contributed by atoms with Crippen LogP contribution in [-0.4, -0.2) is 42.4 Å².